The minimum absolute atomic E-state index is 0.184. The van der Waals surface area contributed by atoms with E-state index in [0.29, 0.717) is 0 Å². The van der Waals surface area contributed by atoms with Crippen molar-refractivity contribution >= 4 is 42.2 Å². The summed E-state index contributed by atoms with van der Waals surface area (Å²) in [7, 11) is -3.23. The van der Waals surface area contributed by atoms with Gasteiger partial charge < -0.3 is 0 Å². The third-order valence-electron chi connectivity index (χ3n) is 2.58. The summed E-state index contributed by atoms with van der Waals surface area (Å²) in [4.78, 5) is 4.16. The predicted octanol–water partition coefficient (Wildman–Crippen LogP) is 2.85. The van der Waals surface area contributed by atoms with Gasteiger partial charge in [0.25, 0.3) is 0 Å². The van der Waals surface area contributed by atoms with Crippen LogP contribution in [0.4, 0.5) is 0 Å². The topological polar surface area (TPSA) is 47.0 Å². The average molecular weight is 263 g/mol. The number of hydrogen-bond donors (Lipinski definition) is 0. The van der Waals surface area contributed by atoms with E-state index in [2.05, 4.69) is 4.98 Å². The van der Waals surface area contributed by atoms with Gasteiger partial charge in [0, 0.05) is 11.6 Å². The maximum Gasteiger partial charge on any atom is 0.210 e. The Morgan fingerprint density at radius 3 is 2.65 bits per heavy atom. The first kappa shape index (κ1) is 10.7. The highest BCUT2D eigenvalue weighted by atomic mass is 32.2. The van der Waals surface area contributed by atoms with Crippen LogP contribution in [0.2, 0.25) is 0 Å². The van der Waals surface area contributed by atoms with Gasteiger partial charge in [0.15, 0.2) is 0 Å². The molecule has 2 aromatic carbocycles. The number of hydrogen-bond acceptors (Lipinski definition) is 4. The predicted molar refractivity (Wildman–Crippen MR) is 70.2 cm³/mol. The van der Waals surface area contributed by atoms with E-state index < -0.39 is 9.84 Å². The largest absolute Gasteiger partial charge is 0.225 e. The van der Waals surface area contributed by atoms with Gasteiger partial charge in [0.05, 0.1) is 10.2 Å². The van der Waals surface area contributed by atoms with Crippen LogP contribution in [0.1, 0.15) is 0 Å². The molecule has 17 heavy (non-hydrogen) atoms. The Bertz CT molecular complexity index is 819. The minimum atomic E-state index is -3.23. The van der Waals surface area contributed by atoms with Gasteiger partial charge in [-0.1, -0.05) is 30.3 Å². The Morgan fingerprint density at radius 1 is 1.12 bits per heavy atom. The fourth-order valence-electron chi connectivity index (χ4n) is 1.79. The monoisotopic (exact) mass is 263 g/mol. The van der Waals surface area contributed by atoms with Crippen LogP contribution in [0, 0.1) is 0 Å². The lowest BCUT2D eigenvalue weighted by molar-refractivity contribution is 0.601. The Kier molecular flexibility index (Phi) is 2.21. The second kappa shape index (κ2) is 3.51. The van der Waals surface area contributed by atoms with Crippen molar-refractivity contribution in [1.29, 1.82) is 0 Å². The molecule has 0 bridgehead atoms. The van der Waals surface area contributed by atoms with Gasteiger partial charge >= 0.3 is 0 Å². The van der Waals surface area contributed by atoms with Crippen LogP contribution in [-0.4, -0.2) is 19.7 Å². The molecule has 0 saturated heterocycles. The highest BCUT2D eigenvalue weighted by Gasteiger charge is 2.14. The van der Waals surface area contributed by atoms with Crippen LogP contribution in [0.25, 0.3) is 21.0 Å². The van der Waals surface area contributed by atoms with Crippen molar-refractivity contribution in [2.24, 2.45) is 0 Å². The Hall–Kier alpha value is -1.46. The number of sulfone groups is 1. The molecule has 1 heterocycles. The zero-order chi connectivity index (χ0) is 12.0. The maximum atomic E-state index is 11.5. The number of nitrogens with zero attached hydrogens (tertiary/aromatic N) is 1. The molecule has 0 aliphatic heterocycles. The van der Waals surface area contributed by atoms with Crippen molar-refractivity contribution in [2.75, 3.05) is 6.26 Å². The van der Waals surface area contributed by atoms with Crippen LogP contribution >= 0.6 is 11.3 Å². The van der Waals surface area contributed by atoms with E-state index in [4.69, 9.17) is 0 Å². The summed E-state index contributed by atoms with van der Waals surface area (Å²) in [6, 6.07) is 11.7. The van der Waals surface area contributed by atoms with Crippen LogP contribution in [0.3, 0.4) is 0 Å². The lowest BCUT2D eigenvalue weighted by Crippen LogP contribution is -1.94. The zero-order valence-corrected chi connectivity index (χ0v) is 10.7. The molecule has 1 aromatic heterocycles. The smallest absolute Gasteiger partial charge is 0.210 e. The maximum absolute atomic E-state index is 11.5. The van der Waals surface area contributed by atoms with Crippen LogP contribution in [-0.2, 0) is 9.84 Å². The summed E-state index contributed by atoms with van der Waals surface area (Å²) in [5.74, 6) is 0. The van der Waals surface area contributed by atoms with E-state index in [1.165, 1.54) is 17.6 Å². The van der Waals surface area contributed by atoms with Crippen LogP contribution in [0.15, 0.2) is 40.7 Å². The quantitative estimate of drug-likeness (QED) is 0.678. The third kappa shape index (κ3) is 1.71. The molecule has 0 amide bonds. The summed E-state index contributed by atoms with van der Waals surface area (Å²) in [5, 5.41) is 2.15. The third-order valence-corrected chi connectivity index (χ3v) is 5.36. The molecule has 0 atom stereocenters. The standard InChI is InChI=1S/C12H9NO2S2/c1-17(14,15)12-13-10-7-6-8-4-2-3-5-9(8)11(10)16-12/h2-7H,1H3. The number of fused-ring (bicyclic) bond motifs is 3. The van der Waals surface area contributed by atoms with E-state index in [9.17, 15) is 8.42 Å². The van der Waals surface area contributed by atoms with Crippen molar-refractivity contribution < 1.29 is 8.42 Å². The number of aromatic nitrogens is 1. The number of rotatable bonds is 1. The summed E-state index contributed by atoms with van der Waals surface area (Å²) >= 11 is 1.23. The molecule has 5 heteroatoms. The van der Waals surface area contributed by atoms with Gasteiger partial charge in [-0.25, -0.2) is 13.4 Å². The molecule has 0 radical (unpaired) electrons. The van der Waals surface area contributed by atoms with Crippen LogP contribution < -0.4 is 0 Å². The van der Waals surface area contributed by atoms with Crippen molar-refractivity contribution in [2.45, 2.75) is 4.34 Å². The molecular formula is C12H9NO2S2. The molecule has 3 nitrogen and oxygen atoms in total. The summed E-state index contributed by atoms with van der Waals surface area (Å²) in [6.45, 7) is 0. The number of thiazole rings is 1. The minimum Gasteiger partial charge on any atom is -0.225 e. The lowest BCUT2D eigenvalue weighted by Gasteiger charge is -1.96. The van der Waals surface area contributed by atoms with Crippen molar-refractivity contribution in [3.8, 4) is 0 Å². The molecule has 3 aromatic rings. The second-order valence-electron chi connectivity index (χ2n) is 3.89. The first-order valence-corrected chi connectivity index (χ1v) is 7.75. The highest BCUT2D eigenvalue weighted by Crippen LogP contribution is 2.31. The molecule has 0 spiro atoms. The SMILES string of the molecule is CS(=O)(=O)c1nc2ccc3ccccc3c2s1. The summed E-state index contributed by atoms with van der Waals surface area (Å²) in [5.41, 5.74) is 0.745. The Balaban J connectivity index is 2.47. The van der Waals surface area contributed by atoms with Gasteiger partial charge in [-0.2, -0.15) is 0 Å². The van der Waals surface area contributed by atoms with E-state index >= 15 is 0 Å². The first-order valence-electron chi connectivity index (χ1n) is 5.04. The highest BCUT2D eigenvalue weighted by molar-refractivity contribution is 7.92. The average Bonchev–Trinajstić information content (AvgIpc) is 2.72. The van der Waals surface area contributed by atoms with Gasteiger partial charge in [0.1, 0.15) is 0 Å². The van der Waals surface area contributed by atoms with Crippen LogP contribution in [0.5, 0.6) is 0 Å². The normalized spacial score (nSPS) is 12.3. The lowest BCUT2D eigenvalue weighted by atomic mass is 10.1. The Morgan fingerprint density at radius 2 is 1.88 bits per heavy atom. The summed E-state index contributed by atoms with van der Waals surface area (Å²) in [6.07, 6.45) is 1.19. The molecular weight excluding hydrogens is 254 g/mol. The van der Waals surface area contributed by atoms with Crippen molar-refractivity contribution in [1.82, 2.24) is 4.98 Å². The second-order valence-corrected chi connectivity index (χ2v) is 7.08. The zero-order valence-electron chi connectivity index (χ0n) is 9.04. The van der Waals surface area contributed by atoms with Gasteiger partial charge in [0.2, 0.25) is 14.2 Å². The molecule has 0 aliphatic carbocycles. The molecule has 0 saturated carbocycles. The molecule has 0 unspecified atom stereocenters. The molecule has 0 fully saturated rings. The van der Waals surface area contributed by atoms with E-state index in [0.717, 1.165) is 21.0 Å². The molecule has 0 N–H and O–H groups in total. The fourth-order valence-corrected chi connectivity index (χ4v) is 3.75. The van der Waals surface area contributed by atoms with Crippen molar-refractivity contribution in [3.05, 3.63) is 36.4 Å². The van der Waals surface area contributed by atoms with E-state index in [1.54, 1.807) is 0 Å². The van der Waals surface area contributed by atoms with Gasteiger partial charge in [-0.05, 0) is 11.5 Å². The summed E-state index contributed by atoms with van der Waals surface area (Å²) < 4.78 is 24.1. The van der Waals surface area contributed by atoms with Gasteiger partial charge in [-0.15, -0.1) is 11.3 Å². The fraction of sp³-hybridized carbons (Fsp3) is 0.0833. The molecule has 86 valence electrons. The Labute approximate surface area is 103 Å². The van der Waals surface area contributed by atoms with E-state index in [-0.39, 0.29) is 4.34 Å². The first-order chi connectivity index (χ1) is 8.05. The van der Waals surface area contributed by atoms with E-state index in [1.807, 2.05) is 36.4 Å². The number of benzene rings is 2. The van der Waals surface area contributed by atoms with Crippen molar-refractivity contribution in [3.63, 3.8) is 0 Å². The van der Waals surface area contributed by atoms with Gasteiger partial charge in [-0.3, -0.25) is 0 Å². The molecule has 0 aliphatic rings. The molecule has 3 rings (SSSR count).